The summed E-state index contributed by atoms with van der Waals surface area (Å²) in [5.74, 6) is -3.14. The summed E-state index contributed by atoms with van der Waals surface area (Å²) in [6, 6.07) is 0. The van der Waals surface area contributed by atoms with Gasteiger partial charge in [-0.25, -0.2) is 4.79 Å². The van der Waals surface area contributed by atoms with Gasteiger partial charge in [0.05, 0.1) is 6.61 Å². The second-order valence-electron chi connectivity index (χ2n) is 24.5. The molecule has 12 heteroatoms. The highest BCUT2D eigenvalue weighted by atomic mass is 16.7. The van der Waals surface area contributed by atoms with Gasteiger partial charge in [-0.2, -0.15) is 0 Å². The van der Waals surface area contributed by atoms with Crippen LogP contribution in [-0.4, -0.2) is 89.2 Å². The van der Waals surface area contributed by atoms with Crippen LogP contribution in [0.25, 0.3) is 0 Å². The number of aliphatic carboxylic acids is 1. The Balaban J connectivity index is 2.64. The van der Waals surface area contributed by atoms with Crippen LogP contribution in [0.2, 0.25) is 0 Å². The van der Waals surface area contributed by atoms with E-state index in [1.807, 2.05) is 0 Å². The fourth-order valence-electron chi connectivity index (χ4n) is 10.8. The molecular formula is C75H130O12. The fraction of sp³-hybridized carbons (Fsp3) is 0.787. The minimum absolute atomic E-state index is 0.0554. The number of aliphatic hydroxyl groups excluding tert-OH is 2. The van der Waals surface area contributed by atoms with Crippen molar-refractivity contribution >= 4 is 23.9 Å². The third-order valence-corrected chi connectivity index (χ3v) is 16.3. The van der Waals surface area contributed by atoms with Gasteiger partial charge in [0.1, 0.15) is 18.8 Å². The number of hydrogen-bond donors (Lipinski definition) is 3. The van der Waals surface area contributed by atoms with Crippen LogP contribution < -0.4 is 0 Å². The molecule has 0 aromatic rings. The second-order valence-corrected chi connectivity index (χ2v) is 24.5. The van der Waals surface area contributed by atoms with Gasteiger partial charge >= 0.3 is 23.9 Å². The van der Waals surface area contributed by atoms with Crippen molar-refractivity contribution in [3.05, 3.63) is 72.9 Å². The summed E-state index contributed by atoms with van der Waals surface area (Å²) in [7, 11) is 0. The molecule has 0 saturated carbocycles. The maximum atomic E-state index is 13.3. The van der Waals surface area contributed by atoms with E-state index in [-0.39, 0.29) is 25.9 Å². The number of aliphatic hydroxyl groups is 2. The molecule has 12 nitrogen and oxygen atoms in total. The quantitative estimate of drug-likeness (QED) is 0.0228. The number of carboxylic acid groups (broad SMARTS) is 1. The summed E-state index contributed by atoms with van der Waals surface area (Å²) in [5, 5.41) is 31.7. The van der Waals surface area contributed by atoms with Gasteiger partial charge in [-0.3, -0.25) is 14.4 Å². The predicted molar refractivity (Wildman–Crippen MR) is 358 cm³/mol. The van der Waals surface area contributed by atoms with Crippen molar-refractivity contribution in [2.45, 2.75) is 366 Å². The monoisotopic (exact) mass is 1220 g/mol. The van der Waals surface area contributed by atoms with Gasteiger partial charge in [-0.15, -0.1) is 0 Å². The van der Waals surface area contributed by atoms with Gasteiger partial charge in [0, 0.05) is 19.3 Å². The van der Waals surface area contributed by atoms with Crippen molar-refractivity contribution in [1.29, 1.82) is 0 Å². The van der Waals surface area contributed by atoms with Crippen molar-refractivity contribution in [3.63, 3.8) is 0 Å². The van der Waals surface area contributed by atoms with Gasteiger partial charge in [-0.1, -0.05) is 293 Å². The molecule has 502 valence electrons. The molecule has 1 aliphatic rings. The summed E-state index contributed by atoms with van der Waals surface area (Å²) in [5.41, 5.74) is 0. The lowest BCUT2D eigenvalue weighted by atomic mass is 9.98. The molecule has 0 aromatic carbocycles. The number of esters is 3. The highest BCUT2D eigenvalue weighted by Crippen LogP contribution is 2.27. The number of unbranched alkanes of at least 4 members (excludes halogenated alkanes) is 36. The predicted octanol–water partition coefficient (Wildman–Crippen LogP) is 20.0. The van der Waals surface area contributed by atoms with Gasteiger partial charge in [-0.05, 0) is 89.9 Å². The number of allylic oxidation sites excluding steroid dienone is 12. The summed E-state index contributed by atoms with van der Waals surface area (Å²) in [4.78, 5) is 51.5. The SMILES string of the molecule is CC/C=C\C/C=C\C/C=C\C/C=C\C/C=C\CCCCCC(=O)OCC(COC1OC(C(=O)O)C(O)C(O)C1OC(=O)CCCCCCCCCCC/C=C\CCCCCCCC)OC(=O)CCCCCCCCCCCCCCCCCCCCC. The summed E-state index contributed by atoms with van der Waals surface area (Å²) in [6.07, 6.45) is 68.5. The van der Waals surface area contributed by atoms with Crippen LogP contribution in [0, 0.1) is 0 Å². The second kappa shape index (κ2) is 62.4. The summed E-state index contributed by atoms with van der Waals surface area (Å²) in [6.45, 7) is 5.91. The van der Waals surface area contributed by atoms with E-state index in [2.05, 4.69) is 93.7 Å². The number of carbonyl (C=O) groups is 4. The van der Waals surface area contributed by atoms with Crippen molar-refractivity contribution in [1.82, 2.24) is 0 Å². The van der Waals surface area contributed by atoms with Crippen LogP contribution in [0.4, 0.5) is 0 Å². The molecular weight excluding hydrogens is 1090 g/mol. The summed E-state index contributed by atoms with van der Waals surface area (Å²) < 4.78 is 28.6. The highest BCUT2D eigenvalue weighted by Gasteiger charge is 2.50. The summed E-state index contributed by atoms with van der Waals surface area (Å²) >= 11 is 0. The van der Waals surface area contributed by atoms with Crippen molar-refractivity contribution in [2.24, 2.45) is 0 Å². The lowest BCUT2D eigenvalue weighted by molar-refractivity contribution is -0.301. The fourth-order valence-corrected chi connectivity index (χ4v) is 10.8. The molecule has 6 atom stereocenters. The van der Waals surface area contributed by atoms with Crippen LogP contribution in [0.15, 0.2) is 72.9 Å². The number of carboxylic acids is 1. The molecule has 1 fully saturated rings. The first-order valence-corrected chi connectivity index (χ1v) is 35.9. The number of ether oxygens (including phenoxy) is 5. The molecule has 0 bridgehead atoms. The number of carbonyl (C=O) groups excluding carboxylic acids is 3. The minimum Gasteiger partial charge on any atom is -0.479 e. The molecule has 3 N–H and O–H groups in total. The van der Waals surface area contributed by atoms with E-state index >= 15 is 0 Å². The van der Waals surface area contributed by atoms with Gasteiger partial charge in [0.15, 0.2) is 24.6 Å². The Morgan fingerprint density at radius 1 is 0.391 bits per heavy atom. The van der Waals surface area contributed by atoms with E-state index in [1.165, 1.54) is 167 Å². The lowest BCUT2D eigenvalue weighted by Crippen LogP contribution is -2.61. The molecule has 1 saturated heterocycles. The van der Waals surface area contributed by atoms with E-state index in [1.54, 1.807) is 0 Å². The maximum Gasteiger partial charge on any atom is 0.335 e. The highest BCUT2D eigenvalue weighted by molar-refractivity contribution is 5.74. The maximum absolute atomic E-state index is 13.3. The topological polar surface area (TPSA) is 175 Å². The molecule has 6 unspecified atom stereocenters. The Kier molecular flexibility index (Phi) is 58.2. The molecule has 87 heavy (non-hydrogen) atoms. The van der Waals surface area contributed by atoms with E-state index in [0.717, 1.165) is 103 Å². The van der Waals surface area contributed by atoms with Crippen molar-refractivity contribution < 1.29 is 58.2 Å². The number of rotatable bonds is 62. The van der Waals surface area contributed by atoms with Crippen LogP contribution in [0.5, 0.6) is 0 Å². The average Bonchev–Trinajstić information content (AvgIpc) is 2.56. The average molecular weight is 1220 g/mol. The van der Waals surface area contributed by atoms with E-state index in [0.29, 0.717) is 19.3 Å². The Labute approximate surface area is 531 Å². The molecule has 0 amide bonds. The van der Waals surface area contributed by atoms with Crippen LogP contribution in [0.3, 0.4) is 0 Å². The van der Waals surface area contributed by atoms with Crippen molar-refractivity contribution in [2.75, 3.05) is 13.2 Å². The van der Waals surface area contributed by atoms with Gasteiger partial charge in [0.25, 0.3) is 0 Å². The van der Waals surface area contributed by atoms with Crippen LogP contribution in [0.1, 0.15) is 329 Å². The molecule has 1 heterocycles. The van der Waals surface area contributed by atoms with Gasteiger partial charge < -0.3 is 39.0 Å². The molecule has 0 aliphatic carbocycles. The number of hydrogen-bond acceptors (Lipinski definition) is 11. The Hall–Kier alpha value is -3.84. The first-order valence-electron chi connectivity index (χ1n) is 35.9. The Morgan fingerprint density at radius 3 is 1.13 bits per heavy atom. The molecule has 0 spiro atoms. The minimum atomic E-state index is -1.91. The zero-order valence-electron chi connectivity index (χ0n) is 55.8. The zero-order valence-corrected chi connectivity index (χ0v) is 55.8. The van der Waals surface area contributed by atoms with E-state index < -0.39 is 67.3 Å². The zero-order chi connectivity index (χ0) is 63.1. The normalized spacial score (nSPS) is 17.7. The third-order valence-electron chi connectivity index (χ3n) is 16.3. The smallest absolute Gasteiger partial charge is 0.335 e. The van der Waals surface area contributed by atoms with E-state index in [4.69, 9.17) is 23.7 Å². The third kappa shape index (κ3) is 51.6. The first-order chi connectivity index (χ1) is 42.6. The standard InChI is InChI=1S/C75H130O12/c1-4-7-10-13-16-19-22-25-28-31-34-37-40-43-46-49-52-55-58-61-67(76)83-64-66(85-68(77)62-59-56-53-50-47-44-41-38-35-32-29-26-23-20-17-14-11-8-5-2)65-84-75-73(71(80)70(79)72(87-75)74(81)82)86-69(78)63-60-57-54-51-48-45-42-39-36-33-30-27-24-21-18-15-12-9-6-3/h7,10,16,19,25,27-28,30,34,37,43,46,66,70-73,75,79-80H,4-6,8-9,11-15,17-18,20-24,26,29,31-33,35-36,38-42,44-45,47-65H2,1-3H3,(H,81,82)/b10-7-,19-16-,28-25-,30-27-,37-34-,46-43-. The molecule has 1 aliphatic heterocycles. The van der Waals surface area contributed by atoms with Crippen molar-refractivity contribution in [3.8, 4) is 0 Å². The molecule has 0 radical (unpaired) electrons. The Morgan fingerprint density at radius 2 is 0.724 bits per heavy atom. The van der Waals surface area contributed by atoms with Crippen LogP contribution in [-0.2, 0) is 42.9 Å². The molecule has 0 aromatic heterocycles. The molecule has 1 rings (SSSR count). The van der Waals surface area contributed by atoms with E-state index in [9.17, 15) is 34.5 Å². The lowest BCUT2D eigenvalue weighted by Gasteiger charge is -2.40. The first kappa shape index (κ1) is 81.2. The van der Waals surface area contributed by atoms with Crippen LogP contribution >= 0.6 is 0 Å². The largest absolute Gasteiger partial charge is 0.479 e. The Bertz CT molecular complexity index is 1790. The van der Waals surface area contributed by atoms with Gasteiger partial charge in [0.2, 0.25) is 0 Å².